The molecule has 0 saturated carbocycles. The van der Waals surface area contributed by atoms with Crippen LogP contribution in [0, 0.1) is 0 Å². The average molecular weight is 469 g/mol. The van der Waals surface area contributed by atoms with E-state index in [-0.39, 0.29) is 12.2 Å². The maximum Gasteiger partial charge on any atom is 0.338 e. The third-order valence-electron chi connectivity index (χ3n) is 5.14. The second-order valence-corrected chi connectivity index (χ2v) is 8.17. The molecule has 0 radical (unpaired) electrons. The molecule has 1 aliphatic rings. The molecule has 1 atom stereocenters. The minimum Gasteiger partial charge on any atom is -0.493 e. The van der Waals surface area contributed by atoms with Gasteiger partial charge in [0.15, 0.2) is 16.3 Å². The van der Waals surface area contributed by atoms with Crippen LogP contribution in [0.25, 0.3) is 6.08 Å². The minimum absolute atomic E-state index is 0.206. The van der Waals surface area contributed by atoms with Crippen molar-refractivity contribution in [2.24, 2.45) is 4.99 Å². The molecule has 0 saturated heterocycles. The molecule has 8 nitrogen and oxygen atoms in total. The molecule has 3 heterocycles. The Morgan fingerprint density at radius 1 is 1.24 bits per heavy atom. The molecule has 0 unspecified atom stereocenters. The van der Waals surface area contributed by atoms with E-state index < -0.39 is 12.0 Å². The summed E-state index contributed by atoms with van der Waals surface area (Å²) in [6.45, 7) is 6.00. The van der Waals surface area contributed by atoms with Gasteiger partial charge < -0.3 is 18.6 Å². The molecular formula is C24H24N2O6S. The number of allylic oxidation sites excluding steroid dienone is 1. The summed E-state index contributed by atoms with van der Waals surface area (Å²) >= 11 is 1.24. The lowest BCUT2D eigenvalue weighted by Gasteiger charge is -2.25. The first-order valence-corrected chi connectivity index (χ1v) is 11.3. The first-order valence-electron chi connectivity index (χ1n) is 10.5. The maximum atomic E-state index is 13.5. The number of hydrogen-bond acceptors (Lipinski definition) is 8. The molecule has 0 bridgehead atoms. The van der Waals surface area contributed by atoms with Crippen LogP contribution in [0.3, 0.4) is 0 Å². The van der Waals surface area contributed by atoms with Gasteiger partial charge in [-0.3, -0.25) is 9.36 Å². The van der Waals surface area contributed by atoms with Gasteiger partial charge in [0.05, 0.1) is 48.4 Å². The average Bonchev–Trinajstić information content (AvgIpc) is 3.41. The van der Waals surface area contributed by atoms with Crippen molar-refractivity contribution in [3.63, 3.8) is 0 Å². The van der Waals surface area contributed by atoms with Gasteiger partial charge in [-0.15, -0.1) is 0 Å². The molecule has 0 aliphatic carbocycles. The molecule has 9 heteroatoms. The van der Waals surface area contributed by atoms with Gasteiger partial charge in [0.1, 0.15) is 5.76 Å². The van der Waals surface area contributed by atoms with Crippen LogP contribution in [0.15, 0.2) is 62.1 Å². The molecule has 172 valence electrons. The Morgan fingerprint density at radius 3 is 2.73 bits per heavy atom. The van der Waals surface area contributed by atoms with Crippen molar-refractivity contribution in [2.45, 2.75) is 26.8 Å². The molecule has 1 aromatic carbocycles. The zero-order valence-electron chi connectivity index (χ0n) is 18.8. The largest absolute Gasteiger partial charge is 0.493 e. The quantitative estimate of drug-likeness (QED) is 0.495. The third-order valence-corrected chi connectivity index (χ3v) is 6.12. The Morgan fingerprint density at radius 2 is 2.06 bits per heavy atom. The van der Waals surface area contributed by atoms with Gasteiger partial charge in [0.2, 0.25) is 0 Å². The number of aromatic nitrogens is 1. The van der Waals surface area contributed by atoms with E-state index in [1.54, 1.807) is 57.6 Å². The topological polar surface area (TPSA) is 92.3 Å². The lowest BCUT2D eigenvalue weighted by molar-refractivity contribution is -0.139. The molecular weight excluding hydrogens is 444 g/mol. The highest BCUT2D eigenvalue weighted by Crippen LogP contribution is 2.36. The molecule has 0 amide bonds. The van der Waals surface area contributed by atoms with E-state index in [9.17, 15) is 9.59 Å². The number of furan rings is 1. The number of rotatable bonds is 7. The van der Waals surface area contributed by atoms with Crippen molar-refractivity contribution in [1.82, 2.24) is 4.57 Å². The van der Waals surface area contributed by atoms with Gasteiger partial charge in [-0.25, -0.2) is 9.79 Å². The number of benzene rings is 1. The standard InChI is InChI=1S/C24H24N2O6S/c1-5-30-18-12-15(9-10-17(18)29-4)21-20(23(28)31-6-2)14(3)25-24-26(21)22(27)19(33-24)13-16-8-7-11-32-16/h7-13,21H,5-6H2,1-4H3/b19-13-/t21-/m0/s1. The van der Waals surface area contributed by atoms with Crippen LogP contribution >= 0.6 is 11.3 Å². The number of carbonyl (C=O) groups excluding carboxylic acids is 1. The van der Waals surface area contributed by atoms with Crippen LogP contribution in [-0.4, -0.2) is 30.9 Å². The van der Waals surface area contributed by atoms with Gasteiger partial charge >= 0.3 is 5.97 Å². The number of hydrogen-bond donors (Lipinski definition) is 0. The predicted octanol–water partition coefficient (Wildman–Crippen LogP) is 2.80. The van der Waals surface area contributed by atoms with Crippen molar-refractivity contribution in [3.8, 4) is 11.5 Å². The lowest BCUT2D eigenvalue weighted by Crippen LogP contribution is -2.39. The predicted molar refractivity (Wildman–Crippen MR) is 123 cm³/mol. The van der Waals surface area contributed by atoms with E-state index in [0.29, 0.717) is 50.0 Å². The van der Waals surface area contributed by atoms with Crippen molar-refractivity contribution in [1.29, 1.82) is 0 Å². The third kappa shape index (κ3) is 4.23. The normalized spacial score (nSPS) is 15.8. The molecule has 3 aromatic rings. The van der Waals surface area contributed by atoms with Crippen molar-refractivity contribution >= 4 is 23.4 Å². The van der Waals surface area contributed by atoms with E-state index in [1.165, 1.54) is 15.9 Å². The molecule has 1 aliphatic heterocycles. The fraction of sp³-hybridized carbons (Fsp3) is 0.292. The number of thiazole rings is 1. The van der Waals surface area contributed by atoms with Gasteiger partial charge in [0.25, 0.3) is 5.56 Å². The summed E-state index contributed by atoms with van der Waals surface area (Å²) in [4.78, 5) is 31.5. The van der Waals surface area contributed by atoms with Crippen LogP contribution in [-0.2, 0) is 9.53 Å². The highest BCUT2D eigenvalue weighted by Gasteiger charge is 2.34. The number of ether oxygens (including phenoxy) is 3. The van der Waals surface area contributed by atoms with E-state index in [2.05, 4.69) is 4.99 Å². The number of methoxy groups -OCH3 is 1. The summed E-state index contributed by atoms with van der Waals surface area (Å²) in [5.41, 5.74) is 1.21. The zero-order chi connectivity index (χ0) is 23.5. The summed E-state index contributed by atoms with van der Waals surface area (Å²) in [6.07, 6.45) is 3.21. The Balaban J connectivity index is 1.97. The number of nitrogens with zero attached hydrogens (tertiary/aromatic N) is 2. The van der Waals surface area contributed by atoms with Gasteiger partial charge in [-0.05, 0) is 50.6 Å². The SMILES string of the molecule is CCOC(=O)C1=C(C)N=c2s/c(=C\c3ccco3)c(=O)n2[C@H]1c1ccc(OC)c(OCC)c1. The molecule has 0 spiro atoms. The lowest BCUT2D eigenvalue weighted by atomic mass is 9.95. The Bertz CT molecular complexity index is 1380. The maximum absolute atomic E-state index is 13.5. The van der Waals surface area contributed by atoms with E-state index >= 15 is 0 Å². The van der Waals surface area contributed by atoms with Crippen LogP contribution in [0.2, 0.25) is 0 Å². The zero-order valence-corrected chi connectivity index (χ0v) is 19.6. The van der Waals surface area contributed by atoms with Crippen LogP contribution in [0.1, 0.15) is 38.1 Å². The second-order valence-electron chi connectivity index (χ2n) is 7.16. The molecule has 2 aromatic heterocycles. The van der Waals surface area contributed by atoms with Gasteiger partial charge in [-0.1, -0.05) is 17.4 Å². The monoisotopic (exact) mass is 468 g/mol. The summed E-state index contributed by atoms with van der Waals surface area (Å²) in [5, 5.41) is 0. The van der Waals surface area contributed by atoms with E-state index in [0.717, 1.165) is 0 Å². The summed E-state index contributed by atoms with van der Waals surface area (Å²) in [5.74, 6) is 1.12. The molecule has 0 fully saturated rings. The fourth-order valence-corrected chi connectivity index (χ4v) is 4.77. The van der Waals surface area contributed by atoms with Crippen molar-refractivity contribution < 1.29 is 23.4 Å². The minimum atomic E-state index is -0.732. The first kappa shape index (κ1) is 22.6. The number of fused-ring (bicyclic) bond motifs is 1. The Labute approximate surface area is 194 Å². The van der Waals surface area contributed by atoms with E-state index in [1.807, 2.05) is 13.0 Å². The smallest absolute Gasteiger partial charge is 0.338 e. The Hall–Kier alpha value is -3.59. The Kier molecular flexibility index (Phi) is 6.50. The van der Waals surface area contributed by atoms with Crippen molar-refractivity contribution in [3.05, 3.63) is 78.9 Å². The van der Waals surface area contributed by atoms with Gasteiger partial charge in [-0.2, -0.15) is 0 Å². The van der Waals surface area contributed by atoms with E-state index in [4.69, 9.17) is 18.6 Å². The number of esters is 1. The number of carbonyl (C=O) groups is 1. The molecule has 4 rings (SSSR count). The summed E-state index contributed by atoms with van der Waals surface area (Å²) in [7, 11) is 1.56. The highest BCUT2D eigenvalue weighted by molar-refractivity contribution is 7.07. The highest BCUT2D eigenvalue weighted by atomic mass is 32.1. The summed E-state index contributed by atoms with van der Waals surface area (Å²) in [6, 6.07) is 8.15. The van der Waals surface area contributed by atoms with Crippen LogP contribution < -0.4 is 24.4 Å². The fourth-order valence-electron chi connectivity index (χ4n) is 3.74. The van der Waals surface area contributed by atoms with Crippen LogP contribution in [0.5, 0.6) is 11.5 Å². The molecule has 0 N–H and O–H groups in total. The van der Waals surface area contributed by atoms with Gasteiger partial charge in [0, 0.05) is 6.08 Å². The van der Waals surface area contributed by atoms with Crippen molar-refractivity contribution in [2.75, 3.05) is 20.3 Å². The second kappa shape index (κ2) is 9.50. The molecule has 33 heavy (non-hydrogen) atoms. The summed E-state index contributed by atoms with van der Waals surface area (Å²) < 4.78 is 23.8. The van der Waals surface area contributed by atoms with Crippen LogP contribution in [0.4, 0.5) is 0 Å². The first-order chi connectivity index (χ1) is 16.0.